The molecule has 104 valence electrons. The number of anilines is 1. The lowest BCUT2D eigenvalue weighted by molar-refractivity contribution is -0.134. The van der Waals surface area contributed by atoms with Crippen molar-refractivity contribution in [2.45, 2.75) is 0 Å². The molecule has 0 radical (unpaired) electrons. The Kier molecular flexibility index (Phi) is 4.54. The molecule has 0 aliphatic heterocycles. The van der Waals surface area contributed by atoms with Crippen LogP contribution in [0.25, 0.3) is 0 Å². The van der Waals surface area contributed by atoms with E-state index >= 15 is 0 Å². The maximum Gasteiger partial charge on any atom is 0.318 e. The van der Waals surface area contributed by atoms with Crippen molar-refractivity contribution >= 4 is 27.4 Å². The summed E-state index contributed by atoms with van der Waals surface area (Å²) in [4.78, 5) is 21.5. The minimum atomic E-state index is -4.13. The first-order chi connectivity index (χ1) is 8.69. The van der Waals surface area contributed by atoms with Gasteiger partial charge < -0.3 is 10.4 Å². The molecule has 0 bridgehead atoms. The number of carboxylic acid groups (broad SMARTS) is 1. The maximum atomic E-state index is 13.2. The highest BCUT2D eigenvalue weighted by molar-refractivity contribution is 7.92. The fourth-order valence-corrected chi connectivity index (χ4v) is 2.17. The largest absolute Gasteiger partial charge is 0.480 e. The fourth-order valence-electron chi connectivity index (χ4n) is 1.22. The van der Waals surface area contributed by atoms with Gasteiger partial charge in [-0.15, -0.1) is 0 Å². The lowest BCUT2D eigenvalue weighted by Crippen LogP contribution is -2.27. The van der Waals surface area contributed by atoms with Crippen molar-refractivity contribution in [1.82, 2.24) is 0 Å². The second-order valence-electron chi connectivity index (χ2n) is 3.60. The number of amides is 1. The summed E-state index contributed by atoms with van der Waals surface area (Å²) in [6.07, 6.45) is 0. The van der Waals surface area contributed by atoms with Crippen LogP contribution in [0.5, 0.6) is 0 Å². The van der Waals surface area contributed by atoms with Gasteiger partial charge >= 0.3 is 5.97 Å². The van der Waals surface area contributed by atoms with Crippen molar-refractivity contribution in [3.05, 3.63) is 29.8 Å². The van der Waals surface area contributed by atoms with Gasteiger partial charge in [-0.2, -0.15) is 0 Å². The van der Waals surface area contributed by atoms with Gasteiger partial charge in [0.05, 0.1) is 5.69 Å². The van der Waals surface area contributed by atoms with Crippen molar-refractivity contribution in [1.29, 1.82) is 0 Å². The summed E-state index contributed by atoms with van der Waals surface area (Å²) in [7, 11) is -4.13. The maximum absolute atomic E-state index is 13.2. The van der Waals surface area contributed by atoms with E-state index in [0.29, 0.717) is 6.07 Å². The Hall–Kier alpha value is -2.03. The van der Waals surface area contributed by atoms with Crippen LogP contribution in [0, 0.1) is 11.6 Å². The third-order valence-corrected chi connectivity index (χ3v) is 3.29. The summed E-state index contributed by atoms with van der Waals surface area (Å²) in [5.74, 6) is -6.92. The number of hydrogen-bond donors (Lipinski definition) is 2. The van der Waals surface area contributed by atoms with E-state index in [1.54, 1.807) is 0 Å². The number of aliphatic carboxylic acids is 1. The molecular weight excluding hydrogens is 284 g/mol. The molecule has 9 heteroatoms. The minimum absolute atomic E-state index is 0.392. The zero-order chi connectivity index (χ0) is 14.6. The molecule has 6 nitrogen and oxygen atoms in total. The molecule has 0 atom stereocenters. The van der Waals surface area contributed by atoms with Gasteiger partial charge in [0, 0.05) is 6.07 Å². The zero-order valence-electron chi connectivity index (χ0n) is 9.39. The molecule has 0 fully saturated rings. The summed E-state index contributed by atoms with van der Waals surface area (Å²) in [5, 5.41) is 10.2. The van der Waals surface area contributed by atoms with E-state index in [0.717, 1.165) is 12.1 Å². The van der Waals surface area contributed by atoms with Crippen molar-refractivity contribution < 1.29 is 31.9 Å². The lowest BCUT2D eigenvalue weighted by Gasteiger charge is -2.06. The SMILES string of the molecule is O=C(O)CS(=O)(=O)CC(=O)Nc1ccc(F)cc1F. The molecule has 0 aliphatic carbocycles. The molecule has 0 heterocycles. The predicted octanol–water partition coefficient (Wildman–Crippen LogP) is 0.403. The molecule has 2 N–H and O–H groups in total. The summed E-state index contributed by atoms with van der Waals surface area (Å²) in [6, 6.07) is 2.32. The normalized spacial score (nSPS) is 11.1. The van der Waals surface area contributed by atoms with E-state index in [-0.39, 0.29) is 0 Å². The summed E-state index contributed by atoms with van der Waals surface area (Å²) in [6.45, 7) is 0. The first-order valence-corrected chi connectivity index (χ1v) is 6.69. The van der Waals surface area contributed by atoms with Crippen LogP contribution >= 0.6 is 0 Å². The molecule has 1 amide bonds. The zero-order valence-corrected chi connectivity index (χ0v) is 10.2. The lowest BCUT2D eigenvalue weighted by atomic mass is 10.3. The number of halogens is 2. The smallest absolute Gasteiger partial charge is 0.318 e. The van der Waals surface area contributed by atoms with E-state index in [1.165, 1.54) is 0 Å². The number of sulfone groups is 1. The van der Waals surface area contributed by atoms with E-state index < -0.39 is 50.5 Å². The number of carboxylic acids is 1. The molecule has 0 spiro atoms. The summed E-state index contributed by atoms with van der Waals surface area (Å²) in [5.41, 5.74) is -0.392. The van der Waals surface area contributed by atoms with Crippen LogP contribution in [0.1, 0.15) is 0 Å². The molecule has 1 aromatic carbocycles. The van der Waals surface area contributed by atoms with E-state index in [9.17, 15) is 26.8 Å². The average Bonchev–Trinajstić information content (AvgIpc) is 2.19. The topological polar surface area (TPSA) is 101 Å². The van der Waals surface area contributed by atoms with Crippen molar-refractivity contribution in [3.63, 3.8) is 0 Å². The van der Waals surface area contributed by atoms with Crippen molar-refractivity contribution in [3.8, 4) is 0 Å². The van der Waals surface area contributed by atoms with Gasteiger partial charge in [0.15, 0.2) is 9.84 Å². The number of hydrogen-bond acceptors (Lipinski definition) is 4. The van der Waals surface area contributed by atoms with Gasteiger partial charge in [-0.3, -0.25) is 9.59 Å². The van der Waals surface area contributed by atoms with Gasteiger partial charge in [0.1, 0.15) is 23.1 Å². The Labute approximate surface area is 107 Å². The van der Waals surface area contributed by atoms with Crippen LogP contribution in [0.3, 0.4) is 0 Å². The molecule has 0 aromatic heterocycles. The Morgan fingerprint density at radius 3 is 2.37 bits per heavy atom. The van der Waals surface area contributed by atoms with Crippen LogP contribution in [0.2, 0.25) is 0 Å². The molecule has 0 saturated heterocycles. The Morgan fingerprint density at radius 2 is 1.84 bits per heavy atom. The van der Waals surface area contributed by atoms with Gasteiger partial charge in [-0.05, 0) is 12.1 Å². The minimum Gasteiger partial charge on any atom is -0.480 e. The van der Waals surface area contributed by atoms with E-state index in [4.69, 9.17) is 5.11 Å². The Bertz CT molecular complexity index is 614. The number of benzene rings is 1. The Balaban J connectivity index is 2.73. The van der Waals surface area contributed by atoms with Crippen molar-refractivity contribution in [2.75, 3.05) is 16.8 Å². The van der Waals surface area contributed by atoms with Crippen LogP contribution in [-0.4, -0.2) is 36.9 Å². The number of rotatable bonds is 5. The molecular formula is C10H9F2NO5S. The number of carbonyl (C=O) groups excluding carboxylic acids is 1. The standard InChI is InChI=1S/C10H9F2NO5S/c11-6-1-2-8(7(12)3-6)13-9(14)4-19(17,18)5-10(15)16/h1-3H,4-5H2,(H,13,14)(H,15,16). The van der Waals surface area contributed by atoms with Gasteiger partial charge in [0.25, 0.3) is 0 Å². The van der Waals surface area contributed by atoms with Gasteiger partial charge in [-0.25, -0.2) is 17.2 Å². The molecule has 0 saturated carbocycles. The monoisotopic (exact) mass is 293 g/mol. The van der Waals surface area contributed by atoms with Gasteiger partial charge in [0.2, 0.25) is 5.91 Å². The van der Waals surface area contributed by atoms with Crippen LogP contribution in [-0.2, 0) is 19.4 Å². The van der Waals surface area contributed by atoms with Crippen LogP contribution in [0.15, 0.2) is 18.2 Å². The van der Waals surface area contributed by atoms with E-state index in [1.807, 2.05) is 5.32 Å². The number of nitrogens with one attached hydrogen (secondary N) is 1. The second kappa shape index (κ2) is 5.74. The first kappa shape index (κ1) is 15.0. The predicted molar refractivity (Wildman–Crippen MR) is 61.3 cm³/mol. The second-order valence-corrected chi connectivity index (χ2v) is 5.66. The van der Waals surface area contributed by atoms with Crippen molar-refractivity contribution in [2.24, 2.45) is 0 Å². The van der Waals surface area contributed by atoms with E-state index in [2.05, 4.69) is 0 Å². The molecule has 1 aromatic rings. The molecule has 0 aliphatic rings. The summed E-state index contributed by atoms with van der Waals surface area (Å²) < 4.78 is 48.1. The third kappa shape index (κ3) is 5.00. The highest BCUT2D eigenvalue weighted by Crippen LogP contribution is 2.14. The fraction of sp³-hybridized carbons (Fsp3) is 0.200. The van der Waals surface area contributed by atoms with Crippen LogP contribution in [0.4, 0.5) is 14.5 Å². The molecule has 1 rings (SSSR count). The average molecular weight is 293 g/mol. The highest BCUT2D eigenvalue weighted by atomic mass is 32.2. The van der Waals surface area contributed by atoms with Crippen LogP contribution < -0.4 is 5.32 Å². The molecule has 0 unspecified atom stereocenters. The third-order valence-electron chi connectivity index (χ3n) is 1.90. The quantitative estimate of drug-likeness (QED) is 0.818. The first-order valence-electron chi connectivity index (χ1n) is 4.87. The Morgan fingerprint density at radius 1 is 1.21 bits per heavy atom. The van der Waals surface area contributed by atoms with Gasteiger partial charge in [-0.1, -0.05) is 0 Å². The summed E-state index contributed by atoms with van der Waals surface area (Å²) >= 11 is 0. The molecule has 19 heavy (non-hydrogen) atoms. The highest BCUT2D eigenvalue weighted by Gasteiger charge is 2.21. The number of carbonyl (C=O) groups is 2.